The fourth-order valence-electron chi connectivity index (χ4n) is 2.31. The maximum atomic E-state index is 12.7. The van der Waals surface area contributed by atoms with Gasteiger partial charge < -0.3 is 4.90 Å². The van der Waals surface area contributed by atoms with Crippen molar-refractivity contribution < 1.29 is 9.18 Å². The Morgan fingerprint density at radius 3 is 2.67 bits per heavy atom. The summed E-state index contributed by atoms with van der Waals surface area (Å²) >= 11 is 0. The fourth-order valence-corrected chi connectivity index (χ4v) is 2.31. The van der Waals surface area contributed by atoms with Gasteiger partial charge in [-0.2, -0.15) is 0 Å². The van der Waals surface area contributed by atoms with Crippen molar-refractivity contribution in [3.8, 4) is 0 Å². The van der Waals surface area contributed by atoms with Crippen LogP contribution >= 0.6 is 0 Å². The molecule has 2 fully saturated rings. The number of nitrogens with zero attached hydrogens (tertiary/aromatic N) is 1. The van der Waals surface area contributed by atoms with Crippen LogP contribution < -0.4 is 0 Å². The van der Waals surface area contributed by atoms with Gasteiger partial charge in [-0.05, 0) is 30.0 Å². The Balaban J connectivity index is 1.70. The van der Waals surface area contributed by atoms with Gasteiger partial charge in [0, 0.05) is 19.0 Å². The van der Waals surface area contributed by atoms with Crippen molar-refractivity contribution in [2.24, 2.45) is 11.8 Å². The number of fused-ring (bicyclic) bond motifs is 1. The Morgan fingerprint density at radius 2 is 2.07 bits per heavy atom. The lowest BCUT2D eigenvalue weighted by Crippen LogP contribution is -2.27. The second kappa shape index (κ2) is 3.05. The minimum Gasteiger partial charge on any atom is -0.338 e. The van der Waals surface area contributed by atoms with E-state index in [1.165, 1.54) is 12.1 Å². The Morgan fingerprint density at radius 1 is 1.33 bits per heavy atom. The van der Waals surface area contributed by atoms with Gasteiger partial charge in [-0.3, -0.25) is 4.79 Å². The van der Waals surface area contributed by atoms with Crippen molar-refractivity contribution in [1.29, 1.82) is 0 Å². The Labute approximate surface area is 87.7 Å². The van der Waals surface area contributed by atoms with E-state index >= 15 is 0 Å². The van der Waals surface area contributed by atoms with E-state index < -0.39 is 0 Å². The molecule has 0 radical (unpaired) electrons. The molecule has 2 unspecified atom stereocenters. The van der Waals surface area contributed by atoms with Crippen molar-refractivity contribution in [2.75, 3.05) is 6.54 Å². The molecule has 1 aromatic carbocycles. The third-order valence-electron chi connectivity index (χ3n) is 3.29. The first-order valence-corrected chi connectivity index (χ1v) is 5.27. The summed E-state index contributed by atoms with van der Waals surface area (Å²) in [7, 11) is 0. The molecule has 1 aliphatic carbocycles. The van der Waals surface area contributed by atoms with Crippen molar-refractivity contribution in [3.05, 3.63) is 35.6 Å². The van der Waals surface area contributed by atoms with Crippen LogP contribution in [0.15, 0.2) is 24.3 Å². The van der Waals surface area contributed by atoms with E-state index in [4.69, 9.17) is 0 Å². The van der Waals surface area contributed by atoms with Gasteiger partial charge in [-0.1, -0.05) is 12.1 Å². The number of piperidine rings is 1. The van der Waals surface area contributed by atoms with E-state index in [-0.39, 0.29) is 11.7 Å². The highest BCUT2D eigenvalue weighted by molar-refractivity contribution is 5.84. The predicted molar refractivity (Wildman–Crippen MR) is 53.4 cm³/mol. The Hall–Kier alpha value is -1.38. The molecule has 2 nitrogen and oxygen atoms in total. The number of hydrogen-bond acceptors (Lipinski definition) is 1. The average molecular weight is 205 g/mol. The molecule has 15 heavy (non-hydrogen) atoms. The molecule has 1 aromatic rings. The van der Waals surface area contributed by atoms with Crippen LogP contribution in [0.1, 0.15) is 12.0 Å². The third kappa shape index (κ3) is 1.52. The molecule has 78 valence electrons. The molecule has 1 aliphatic heterocycles. The molecule has 1 saturated carbocycles. The first kappa shape index (κ1) is 8.89. The first-order valence-electron chi connectivity index (χ1n) is 5.27. The van der Waals surface area contributed by atoms with Gasteiger partial charge >= 0.3 is 0 Å². The molecule has 2 atom stereocenters. The highest BCUT2D eigenvalue weighted by Gasteiger charge is 2.51. The lowest BCUT2D eigenvalue weighted by Gasteiger charge is -2.17. The molecule has 0 bridgehead atoms. The molecule has 0 aromatic heterocycles. The number of hydrogen-bond donors (Lipinski definition) is 0. The van der Waals surface area contributed by atoms with Crippen LogP contribution in [0, 0.1) is 17.7 Å². The zero-order valence-corrected chi connectivity index (χ0v) is 8.32. The molecule has 1 saturated heterocycles. The smallest absolute Gasteiger partial charge is 0.226 e. The van der Waals surface area contributed by atoms with E-state index in [1.54, 1.807) is 12.1 Å². The molecule has 2 aliphatic rings. The summed E-state index contributed by atoms with van der Waals surface area (Å²) in [4.78, 5) is 13.6. The number of carbonyl (C=O) groups excluding carboxylic acids is 1. The minimum atomic E-state index is -0.227. The number of amides is 1. The lowest BCUT2D eigenvalue weighted by molar-refractivity contribution is -0.130. The first-order chi connectivity index (χ1) is 7.24. The maximum Gasteiger partial charge on any atom is 0.226 e. The van der Waals surface area contributed by atoms with E-state index in [0.29, 0.717) is 18.4 Å². The van der Waals surface area contributed by atoms with Crippen LogP contribution in [-0.4, -0.2) is 17.4 Å². The van der Waals surface area contributed by atoms with Gasteiger partial charge in [0.1, 0.15) is 5.82 Å². The Kier molecular flexibility index (Phi) is 1.81. The van der Waals surface area contributed by atoms with Crippen molar-refractivity contribution in [2.45, 2.75) is 13.0 Å². The highest BCUT2D eigenvalue weighted by atomic mass is 19.1. The van der Waals surface area contributed by atoms with Crippen molar-refractivity contribution >= 4 is 5.91 Å². The Bertz CT molecular complexity index is 401. The van der Waals surface area contributed by atoms with Crippen LogP contribution in [0.4, 0.5) is 4.39 Å². The quantitative estimate of drug-likeness (QED) is 0.721. The maximum absolute atomic E-state index is 12.7. The van der Waals surface area contributed by atoms with E-state index in [9.17, 15) is 9.18 Å². The standard InChI is InChI=1S/C12H12FNO/c13-10-3-1-8(2-4-10)6-14-7-9-5-11(9)12(14)15/h1-4,9,11H,5-7H2. The SMILES string of the molecule is O=C1C2CC2CN1Cc1ccc(F)cc1. The van der Waals surface area contributed by atoms with Crippen LogP contribution in [0.2, 0.25) is 0 Å². The number of halogens is 1. The second-order valence-corrected chi connectivity index (χ2v) is 4.45. The van der Waals surface area contributed by atoms with Gasteiger partial charge in [0.15, 0.2) is 0 Å². The normalized spacial score (nSPS) is 28.1. The molecule has 1 amide bonds. The largest absolute Gasteiger partial charge is 0.338 e. The third-order valence-corrected chi connectivity index (χ3v) is 3.29. The second-order valence-electron chi connectivity index (χ2n) is 4.45. The summed E-state index contributed by atoms with van der Waals surface area (Å²) in [5.41, 5.74) is 1.01. The summed E-state index contributed by atoms with van der Waals surface area (Å²) in [6.07, 6.45) is 1.08. The number of likely N-dealkylation sites (tertiary alicyclic amines) is 1. The van der Waals surface area contributed by atoms with Crippen LogP contribution in [0.25, 0.3) is 0 Å². The molecule has 3 heteroatoms. The van der Waals surface area contributed by atoms with Crippen LogP contribution in [-0.2, 0) is 11.3 Å². The topological polar surface area (TPSA) is 20.3 Å². The molecule has 1 heterocycles. The van der Waals surface area contributed by atoms with Crippen LogP contribution in [0.5, 0.6) is 0 Å². The zero-order chi connectivity index (χ0) is 10.4. The molecule has 0 spiro atoms. The van der Waals surface area contributed by atoms with Crippen molar-refractivity contribution in [3.63, 3.8) is 0 Å². The van der Waals surface area contributed by atoms with Gasteiger partial charge in [0.2, 0.25) is 5.91 Å². The van der Waals surface area contributed by atoms with E-state index in [1.807, 2.05) is 4.90 Å². The zero-order valence-electron chi connectivity index (χ0n) is 8.32. The summed E-state index contributed by atoms with van der Waals surface area (Å²) in [6, 6.07) is 6.37. The molecular formula is C12H12FNO. The molecule has 0 N–H and O–H groups in total. The number of rotatable bonds is 2. The molecular weight excluding hydrogens is 193 g/mol. The number of carbonyl (C=O) groups is 1. The molecule has 3 rings (SSSR count). The monoisotopic (exact) mass is 205 g/mol. The highest BCUT2D eigenvalue weighted by Crippen LogP contribution is 2.46. The average Bonchev–Trinajstić information content (AvgIpc) is 2.93. The summed E-state index contributed by atoms with van der Waals surface area (Å²) in [5.74, 6) is 0.974. The summed E-state index contributed by atoms with van der Waals surface area (Å²) < 4.78 is 12.7. The van der Waals surface area contributed by atoms with Crippen LogP contribution in [0.3, 0.4) is 0 Å². The van der Waals surface area contributed by atoms with Gasteiger partial charge in [-0.15, -0.1) is 0 Å². The number of benzene rings is 1. The van der Waals surface area contributed by atoms with E-state index in [0.717, 1.165) is 18.5 Å². The lowest BCUT2D eigenvalue weighted by atomic mass is 10.2. The van der Waals surface area contributed by atoms with Gasteiger partial charge in [0.05, 0.1) is 0 Å². The minimum absolute atomic E-state index is 0.227. The predicted octanol–water partition coefficient (Wildman–Crippen LogP) is 1.80. The summed E-state index contributed by atoms with van der Waals surface area (Å²) in [6.45, 7) is 1.52. The van der Waals surface area contributed by atoms with E-state index in [2.05, 4.69) is 0 Å². The fraction of sp³-hybridized carbons (Fsp3) is 0.417. The van der Waals surface area contributed by atoms with Gasteiger partial charge in [0.25, 0.3) is 0 Å². The van der Waals surface area contributed by atoms with Gasteiger partial charge in [-0.25, -0.2) is 4.39 Å². The van der Waals surface area contributed by atoms with Crippen molar-refractivity contribution in [1.82, 2.24) is 4.90 Å². The summed E-state index contributed by atoms with van der Waals surface area (Å²) in [5, 5.41) is 0.